The van der Waals surface area contributed by atoms with Gasteiger partial charge in [-0.1, -0.05) is 30.3 Å². The highest BCUT2D eigenvalue weighted by atomic mass is 15.3. The summed E-state index contributed by atoms with van der Waals surface area (Å²) in [6.45, 7) is 0. The van der Waals surface area contributed by atoms with E-state index in [1.54, 1.807) is 6.20 Å². The summed E-state index contributed by atoms with van der Waals surface area (Å²) >= 11 is 0. The van der Waals surface area contributed by atoms with E-state index in [0.717, 1.165) is 12.2 Å². The molecular formula is C12H16N4. The Balaban J connectivity index is 2.16. The van der Waals surface area contributed by atoms with Crippen LogP contribution in [-0.4, -0.2) is 9.55 Å². The first-order valence-corrected chi connectivity index (χ1v) is 5.28. The summed E-state index contributed by atoms with van der Waals surface area (Å²) in [6.07, 6.45) is 4.54. The summed E-state index contributed by atoms with van der Waals surface area (Å²) in [4.78, 5) is 4.30. The Kier molecular flexibility index (Phi) is 3.34. The van der Waals surface area contributed by atoms with Crippen molar-refractivity contribution >= 4 is 0 Å². The summed E-state index contributed by atoms with van der Waals surface area (Å²) < 4.78 is 1.98. The molecule has 1 aromatic carbocycles. The molecule has 16 heavy (non-hydrogen) atoms. The highest BCUT2D eigenvalue weighted by molar-refractivity contribution is 5.17. The van der Waals surface area contributed by atoms with Crippen molar-refractivity contribution < 1.29 is 0 Å². The Morgan fingerprint density at radius 1 is 1.38 bits per heavy atom. The molecule has 2 rings (SSSR count). The number of benzene rings is 1. The molecule has 0 fully saturated rings. The van der Waals surface area contributed by atoms with Gasteiger partial charge in [-0.15, -0.1) is 0 Å². The molecule has 0 saturated heterocycles. The molecule has 0 radical (unpaired) electrons. The third-order valence-corrected chi connectivity index (χ3v) is 2.65. The van der Waals surface area contributed by atoms with E-state index < -0.39 is 0 Å². The fraction of sp³-hybridized carbons (Fsp3) is 0.250. The summed E-state index contributed by atoms with van der Waals surface area (Å²) in [6, 6.07) is 10.3. The van der Waals surface area contributed by atoms with Crippen LogP contribution in [0.15, 0.2) is 42.7 Å². The van der Waals surface area contributed by atoms with Gasteiger partial charge in [-0.3, -0.25) is 5.84 Å². The van der Waals surface area contributed by atoms with Crippen LogP contribution in [0.1, 0.15) is 17.4 Å². The molecular weight excluding hydrogens is 200 g/mol. The van der Waals surface area contributed by atoms with Crippen molar-refractivity contribution in [2.45, 2.75) is 12.5 Å². The van der Waals surface area contributed by atoms with Crippen molar-refractivity contribution in [1.29, 1.82) is 0 Å². The van der Waals surface area contributed by atoms with E-state index in [2.05, 4.69) is 22.5 Å². The lowest BCUT2D eigenvalue weighted by molar-refractivity contribution is 0.507. The molecule has 0 amide bonds. The van der Waals surface area contributed by atoms with Gasteiger partial charge in [0, 0.05) is 19.4 Å². The Hall–Kier alpha value is -1.65. The molecule has 3 N–H and O–H groups in total. The minimum Gasteiger partial charge on any atom is -0.337 e. The second-order valence-corrected chi connectivity index (χ2v) is 3.81. The molecule has 0 spiro atoms. The Labute approximate surface area is 95.1 Å². The zero-order valence-corrected chi connectivity index (χ0v) is 9.30. The molecule has 1 heterocycles. The molecule has 0 aliphatic carbocycles. The minimum absolute atomic E-state index is 0.0439. The maximum absolute atomic E-state index is 5.58. The van der Waals surface area contributed by atoms with Crippen molar-refractivity contribution in [3.8, 4) is 0 Å². The average Bonchev–Trinajstić information content (AvgIpc) is 2.74. The van der Waals surface area contributed by atoms with Gasteiger partial charge < -0.3 is 4.57 Å². The van der Waals surface area contributed by atoms with Crippen molar-refractivity contribution in [2.75, 3.05) is 0 Å². The third kappa shape index (κ3) is 2.29. The van der Waals surface area contributed by atoms with Crippen LogP contribution >= 0.6 is 0 Å². The van der Waals surface area contributed by atoms with Crippen LogP contribution in [0, 0.1) is 0 Å². The summed E-state index contributed by atoms with van der Waals surface area (Å²) in [5.41, 5.74) is 4.05. The minimum atomic E-state index is 0.0439. The second-order valence-electron chi connectivity index (χ2n) is 3.81. The molecule has 84 valence electrons. The smallest absolute Gasteiger partial charge is 0.127 e. The fourth-order valence-corrected chi connectivity index (χ4v) is 1.79. The molecule has 4 nitrogen and oxygen atoms in total. The SMILES string of the molecule is Cn1ccnc1C(Cc1ccccc1)NN. The van der Waals surface area contributed by atoms with Gasteiger partial charge in [-0.25, -0.2) is 10.4 Å². The molecule has 0 bridgehead atoms. The number of hydrazine groups is 1. The number of imidazole rings is 1. The van der Waals surface area contributed by atoms with Crippen LogP contribution in [0.5, 0.6) is 0 Å². The monoisotopic (exact) mass is 216 g/mol. The lowest BCUT2D eigenvalue weighted by Gasteiger charge is -2.15. The Morgan fingerprint density at radius 3 is 2.69 bits per heavy atom. The summed E-state index contributed by atoms with van der Waals surface area (Å²) in [5, 5.41) is 0. The van der Waals surface area contributed by atoms with Crippen LogP contribution < -0.4 is 11.3 Å². The first kappa shape index (κ1) is 10.9. The number of rotatable bonds is 4. The van der Waals surface area contributed by atoms with Gasteiger partial charge in [0.15, 0.2) is 0 Å². The van der Waals surface area contributed by atoms with Gasteiger partial charge in [-0.2, -0.15) is 0 Å². The number of nitrogens with one attached hydrogen (secondary N) is 1. The van der Waals surface area contributed by atoms with Crippen molar-refractivity contribution in [3.05, 3.63) is 54.1 Å². The summed E-state index contributed by atoms with van der Waals surface area (Å²) in [5.74, 6) is 6.53. The molecule has 1 aromatic heterocycles. The third-order valence-electron chi connectivity index (χ3n) is 2.65. The van der Waals surface area contributed by atoms with Gasteiger partial charge in [0.2, 0.25) is 0 Å². The number of hydrogen-bond acceptors (Lipinski definition) is 3. The number of hydrogen-bond donors (Lipinski definition) is 2. The van der Waals surface area contributed by atoms with Gasteiger partial charge in [0.1, 0.15) is 5.82 Å². The lowest BCUT2D eigenvalue weighted by atomic mass is 10.1. The van der Waals surface area contributed by atoms with E-state index in [1.165, 1.54) is 5.56 Å². The Bertz CT molecular complexity index is 435. The van der Waals surface area contributed by atoms with E-state index in [-0.39, 0.29) is 6.04 Å². The lowest BCUT2D eigenvalue weighted by Crippen LogP contribution is -2.31. The van der Waals surface area contributed by atoms with Crippen LogP contribution in [0.3, 0.4) is 0 Å². The van der Waals surface area contributed by atoms with Gasteiger partial charge >= 0.3 is 0 Å². The predicted octanol–water partition coefficient (Wildman–Crippen LogP) is 1.17. The Morgan fingerprint density at radius 2 is 2.12 bits per heavy atom. The maximum Gasteiger partial charge on any atom is 0.127 e. The zero-order valence-electron chi connectivity index (χ0n) is 9.30. The standard InChI is InChI=1S/C12H16N4/c1-16-8-7-14-12(16)11(15-13)9-10-5-3-2-4-6-10/h2-8,11,15H,9,13H2,1H3. The molecule has 0 saturated carbocycles. The molecule has 1 unspecified atom stereocenters. The summed E-state index contributed by atoms with van der Waals surface area (Å²) in [7, 11) is 1.97. The van der Waals surface area contributed by atoms with E-state index >= 15 is 0 Å². The van der Waals surface area contributed by atoms with Gasteiger partial charge in [-0.05, 0) is 12.0 Å². The van der Waals surface area contributed by atoms with Crippen LogP contribution in [-0.2, 0) is 13.5 Å². The quantitative estimate of drug-likeness (QED) is 0.596. The number of nitrogens with zero attached hydrogens (tertiary/aromatic N) is 2. The van der Waals surface area contributed by atoms with Crippen LogP contribution in [0.25, 0.3) is 0 Å². The van der Waals surface area contributed by atoms with E-state index in [9.17, 15) is 0 Å². The predicted molar refractivity (Wildman–Crippen MR) is 63.4 cm³/mol. The van der Waals surface area contributed by atoms with E-state index in [0.29, 0.717) is 0 Å². The molecule has 1 atom stereocenters. The van der Waals surface area contributed by atoms with Crippen molar-refractivity contribution in [3.63, 3.8) is 0 Å². The largest absolute Gasteiger partial charge is 0.337 e. The topological polar surface area (TPSA) is 55.9 Å². The molecule has 0 aliphatic heterocycles. The number of nitrogens with two attached hydrogens (primary N) is 1. The van der Waals surface area contributed by atoms with Crippen LogP contribution in [0.2, 0.25) is 0 Å². The number of aromatic nitrogens is 2. The number of aryl methyl sites for hydroxylation is 1. The van der Waals surface area contributed by atoms with Crippen molar-refractivity contribution in [1.82, 2.24) is 15.0 Å². The van der Waals surface area contributed by atoms with E-state index in [1.807, 2.05) is 36.0 Å². The first-order valence-electron chi connectivity index (χ1n) is 5.28. The van der Waals surface area contributed by atoms with Crippen LogP contribution in [0.4, 0.5) is 0 Å². The normalized spacial score (nSPS) is 12.6. The molecule has 0 aliphatic rings. The first-order chi connectivity index (χ1) is 7.81. The molecule has 2 aromatic rings. The average molecular weight is 216 g/mol. The van der Waals surface area contributed by atoms with E-state index in [4.69, 9.17) is 5.84 Å². The second kappa shape index (κ2) is 4.92. The highest BCUT2D eigenvalue weighted by Crippen LogP contribution is 2.15. The zero-order chi connectivity index (χ0) is 11.4. The fourth-order valence-electron chi connectivity index (χ4n) is 1.79. The van der Waals surface area contributed by atoms with Gasteiger partial charge in [0.05, 0.1) is 6.04 Å². The molecule has 4 heteroatoms. The highest BCUT2D eigenvalue weighted by Gasteiger charge is 2.14. The van der Waals surface area contributed by atoms with Crippen molar-refractivity contribution in [2.24, 2.45) is 12.9 Å². The van der Waals surface area contributed by atoms with Gasteiger partial charge in [0.25, 0.3) is 0 Å². The maximum atomic E-state index is 5.58.